The van der Waals surface area contributed by atoms with Gasteiger partial charge < -0.3 is 19.6 Å². The number of ether oxygens (including phenoxy) is 1. The summed E-state index contributed by atoms with van der Waals surface area (Å²) in [5.74, 6) is -1.48. The van der Waals surface area contributed by atoms with Crippen molar-refractivity contribution in [2.45, 2.75) is 77.1 Å². The summed E-state index contributed by atoms with van der Waals surface area (Å²) in [4.78, 5) is 22.6. The lowest BCUT2D eigenvalue weighted by Gasteiger charge is -2.36. The van der Waals surface area contributed by atoms with Crippen LogP contribution >= 0.6 is 0 Å². The Morgan fingerprint density at radius 2 is 1.42 bits per heavy atom. The van der Waals surface area contributed by atoms with Crippen molar-refractivity contribution in [3.63, 3.8) is 0 Å². The second-order valence-corrected chi connectivity index (χ2v) is 16.0. The molecular formula is C36H41F9N4O5S. The average Bonchev–Trinajstić information content (AvgIpc) is 3.08. The van der Waals surface area contributed by atoms with E-state index in [4.69, 9.17) is 4.74 Å². The van der Waals surface area contributed by atoms with Gasteiger partial charge >= 0.3 is 24.5 Å². The number of carbonyl (C=O) groups is 1. The molecule has 2 aromatic carbocycles. The molecule has 304 valence electrons. The zero-order chi connectivity index (χ0) is 40.9. The number of aliphatic carboxylic acids is 1. The van der Waals surface area contributed by atoms with Gasteiger partial charge in [0, 0.05) is 38.0 Å². The number of aromatic nitrogens is 2. The number of sulfone groups is 1. The minimum atomic E-state index is -5.18. The molecule has 1 atom stereocenters. The molecule has 1 heterocycles. The fourth-order valence-corrected chi connectivity index (χ4v) is 6.97. The maximum Gasteiger partial charge on any atom is 0.416 e. The van der Waals surface area contributed by atoms with Gasteiger partial charge in [0.15, 0.2) is 15.6 Å². The number of carboxylic acids is 1. The molecule has 4 rings (SSSR count). The van der Waals surface area contributed by atoms with Gasteiger partial charge in [0.25, 0.3) is 0 Å². The van der Waals surface area contributed by atoms with Crippen molar-refractivity contribution in [1.82, 2.24) is 9.97 Å². The molecule has 0 bridgehead atoms. The van der Waals surface area contributed by atoms with E-state index in [0.29, 0.717) is 56.6 Å². The third kappa shape index (κ3) is 12.4. The van der Waals surface area contributed by atoms with E-state index in [1.165, 1.54) is 17.9 Å². The molecule has 3 aromatic rings. The van der Waals surface area contributed by atoms with Crippen LogP contribution in [0.25, 0.3) is 0 Å². The third-order valence-corrected chi connectivity index (χ3v) is 10.4. The zero-order valence-electron chi connectivity index (χ0n) is 30.1. The summed E-state index contributed by atoms with van der Waals surface area (Å²) in [6.45, 7) is 2.98. The number of carboxylic acid groups (broad SMARTS) is 1. The van der Waals surface area contributed by atoms with Crippen molar-refractivity contribution in [1.29, 1.82) is 0 Å². The third-order valence-electron chi connectivity index (χ3n) is 9.53. The molecule has 1 N–H and O–H groups in total. The normalized spacial score (nSPS) is 17.5. The van der Waals surface area contributed by atoms with Crippen molar-refractivity contribution in [3.8, 4) is 5.75 Å². The maximum atomic E-state index is 14.1. The number of alkyl halides is 9. The Labute approximate surface area is 312 Å². The molecule has 0 radical (unpaired) electrons. The minimum Gasteiger partial charge on any atom is -0.489 e. The first-order chi connectivity index (χ1) is 25.4. The van der Waals surface area contributed by atoms with E-state index in [2.05, 4.69) is 9.97 Å². The van der Waals surface area contributed by atoms with Gasteiger partial charge in [-0.05, 0) is 98.9 Å². The van der Waals surface area contributed by atoms with Crippen LogP contribution in [0.2, 0.25) is 0 Å². The Bertz CT molecular complexity index is 1850. The summed E-state index contributed by atoms with van der Waals surface area (Å²) in [6.07, 6.45) is -9.27. The molecule has 1 saturated carbocycles. The first kappa shape index (κ1) is 43.4. The highest BCUT2D eigenvalue weighted by molar-refractivity contribution is 7.90. The lowest BCUT2D eigenvalue weighted by atomic mass is 9.80. The van der Waals surface area contributed by atoms with E-state index in [-0.39, 0.29) is 53.9 Å². The number of halogens is 9. The first-order valence-electron chi connectivity index (χ1n) is 17.3. The van der Waals surface area contributed by atoms with E-state index in [0.717, 1.165) is 30.8 Å². The molecule has 0 saturated heterocycles. The monoisotopic (exact) mass is 812 g/mol. The quantitative estimate of drug-likeness (QED) is 0.151. The lowest BCUT2D eigenvalue weighted by molar-refractivity contribution is -0.143. The van der Waals surface area contributed by atoms with Crippen molar-refractivity contribution >= 4 is 27.4 Å². The van der Waals surface area contributed by atoms with Crippen LogP contribution in [0.5, 0.6) is 5.75 Å². The Hall–Kier alpha value is -4.29. The molecule has 1 fully saturated rings. The van der Waals surface area contributed by atoms with Gasteiger partial charge in [-0.2, -0.15) is 39.5 Å². The number of benzene rings is 2. The number of nitrogens with zero attached hydrogens (tertiary/aromatic N) is 4. The SMILES string of the molecule is CCN(CC1CCC(CC(=O)O)CC1)c1ccc(C(F)(F)F)cc1CN(c1ncc(OCCS(C)(=O)=O)cn1)[C@@H](C)c1cc(C(F)(F)F)cc(C(F)(F)F)c1. The van der Waals surface area contributed by atoms with E-state index < -0.39 is 69.2 Å². The van der Waals surface area contributed by atoms with Gasteiger partial charge in [0.1, 0.15) is 6.61 Å². The Balaban J connectivity index is 1.80. The van der Waals surface area contributed by atoms with Crippen LogP contribution in [0.15, 0.2) is 48.8 Å². The molecule has 9 nitrogen and oxygen atoms in total. The Morgan fingerprint density at radius 3 is 1.91 bits per heavy atom. The second kappa shape index (κ2) is 17.2. The lowest BCUT2D eigenvalue weighted by Crippen LogP contribution is -2.34. The van der Waals surface area contributed by atoms with Crippen molar-refractivity contribution < 1.29 is 62.6 Å². The van der Waals surface area contributed by atoms with E-state index >= 15 is 0 Å². The topological polar surface area (TPSA) is 113 Å². The molecule has 0 aliphatic heterocycles. The highest BCUT2D eigenvalue weighted by Crippen LogP contribution is 2.41. The van der Waals surface area contributed by atoms with Crippen LogP contribution in [0.4, 0.5) is 51.1 Å². The summed E-state index contributed by atoms with van der Waals surface area (Å²) in [5, 5.41) is 9.19. The molecule has 55 heavy (non-hydrogen) atoms. The number of hydrogen-bond donors (Lipinski definition) is 1. The summed E-state index contributed by atoms with van der Waals surface area (Å²) >= 11 is 0. The van der Waals surface area contributed by atoms with Gasteiger partial charge in [0.2, 0.25) is 5.95 Å². The molecule has 1 aliphatic carbocycles. The fraction of sp³-hybridized carbons (Fsp3) is 0.528. The zero-order valence-corrected chi connectivity index (χ0v) is 30.9. The highest BCUT2D eigenvalue weighted by atomic mass is 32.2. The fourth-order valence-electron chi connectivity index (χ4n) is 6.58. The average molecular weight is 813 g/mol. The van der Waals surface area contributed by atoms with Gasteiger partial charge in [-0.15, -0.1) is 0 Å². The van der Waals surface area contributed by atoms with E-state index in [1.807, 2.05) is 4.90 Å². The van der Waals surface area contributed by atoms with Gasteiger partial charge in [-0.1, -0.05) is 0 Å². The van der Waals surface area contributed by atoms with Crippen LogP contribution in [0.3, 0.4) is 0 Å². The molecule has 0 spiro atoms. The number of hydrogen-bond acceptors (Lipinski definition) is 8. The van der Waals surface area contributed by atoms with E-state index in [1.54, 1.807) is 6.92 Å². The summed E-state index contributed by atoms with van der Waals surface area (Å²) in [6, 6.07) is 2.68. The van der Waals surface area contributed by atoms with Crippen LogP contribution in [-0.2, 0) is 39.7 Å². The summed E-state index contributed by atoms with van der Waals surface area (Å²) in [5.41, 5.74) is -4.33. The highest BCUT2D eigenvalue weighted by Gasteiger charge is 2.38. The second-order valence-electron chi connectivity index (χ2n) is 13.7. The maximum absolute atomic E-state index is 14.1. The Morgan fingerprint density at radius 1 is 0.873 bits per heavy atom. The standard InChI is InChI=1S/C36H41F9N4O5S/c1-4-48(20-24-7-5-23(6-8-24)13-32(50)51)31-10-9-27(34(37,38)39)16-26(31)21-49(33-46-18-30(19-47-33)54-11-12-55(3,52)53)22(2)25-14-28(35(40,41)42)17-29(15-25)36(43,44)45/h9-10,14-19,22-24H,4-8,11-13,20-21H2,1-3H3,(H,50,51)/t22-,23?,24?/m0/s1. The molecule has 1 aromatic heterocycles. The first-order valence-corrected chi connectivity index (χ1v) is 19.4. The molecule has 1 aliphatic rings. The van der Waals surface area contributed by atoms with Crippen LogP contribution in [0, 0.1) is 11.8 Å². The Kier molecular flexibility index (Phi) is 13.6. The smallest absolute Gasteiger partial charge is 0.416 e. The minimum absolute atomic E-state index is 0.00526. The molecular weight excluding hydrogens is 771 g/mol. The van der Waals surface area contributed by atoms with Crippen molar-refractivity contribution in [2.75, 3.05) is 41.5 Å². The van der Waals surface area contributed by atoms with Gasteiger partial charge in [0.05, 0.1) is 40.9 Å². The predicted octanol–water partition coefficient (Wildman–Crippen LogP) is 8.83. The predicted molar refractivity (Wildman–Crippen MR) is 185 cm³/mol. The van der Waals surface area contributed by atoms with Crippen molar-refractivity contribution in [2.24, 2.45) is 11.8 Å². The molecule has 0 unspecified atom stereocenters. The van der Waals surface area contributed by atoms with E-state index in [9.17, 15) is 57.8 Å². The van der Waals surface area contributed by atoms with Crippen molar-refractivity contribution in [3.05, 3.63) is 76.6 Å². The van der Waals surface area contributed by atoms with Crippen LogP contribution in [-0.4, -0.2) is 61.2 Å². The number of anilines is 2. The van der Waals surface area contributed by atoms with Gasteiger partial charge in [-0.3, -0.25) is 4.79 Å². The largest absolute Gasteiger partial charge is 0.489 e. The number of rotatable bonds is 15. The van der Waals surface area contributed by atoms with Crippen LogP contribution < -0.4 is 14.5 Å². The summed E-state index contributed by atoms with van der Waals surface area (Å²) < 4.78 is 154. The van der Waals surface area contributed by atoms with Crippen LogP contribution in [0.1, 0.15) is 79.8 Å². The molecule has 0 amide bonds. The molecule has 19 heteroatoms. The van der Waals surface area contributed by atoms with Gasteiger partial charge in [-0.25, -0.2) is 18.4 Å². The summed E-state index contributed by atoms with van der Waals surface area (Å²) in [7, 11) is -3.40.